The van der Waals surface area contributed by atoms with Crippen LogP contribution in [0.1, 0.15) is 47.0 Å². The predicted octanol–water partition coefficient (Wildman–Crippen LogP) is 2.81. The maximum atomic E-state index is 11.4. The van der Waals surface area contributed by atoms with Crippen molar-refractivity contribution in [3.05, 3.63) is 0 Å². The molecular weight excluding hydrogens is 230 g/mol. The molecule has 0 amide bonds. The van der Waals surface area contributed by atoms with Crippen LogP contribution in [0.4, 0.5) is 0 Å². The monoisotopic (exact) mass is 259 g/mol. The summed E-state index contributed by atoms with van der Waals surface area (Å²) in [4.78, 5) is 0. The second-order valence-corrected chi connectivity index (χ2v) is 7.68. The zero-order valence-corrected chi connectivity index (χ0v) is 12.7. The van der Waals surface area contributed by atoms with Crippen LogP contribution in [0.3, 0.4) is 0 Å². The Bertz CT molecular complexity index is 242. The summed E-state index contributed by atoms with van der Waals surface area (Å²) in [6.07, 6.45) is 4.02. The Labute approximate surface area is 109 Å². The molecule has 1 rings (SSSR count). The summed E-state index contributed by atoms with van der Waals surface area (Å²) >= 11 is 0. The van der Waals surface area contributed by atoms with Crippen LogP contribution < -0.4 is 5.32 Å². The van der Waals surface area contributed by atoms with Gasteiger partial charge < -0.3 is 5.32 Å². The largest absolute Gasteiger partial charge is 0.313 e. The molecule has 2 nitrogen and oxygen atoms in total. The number of hydrogen-bond acceptors (Lipinski definition) is 2. The van der Waals surface area contributed by atoms with Gasteiger partial charge >= 0.3 is 0 Å². The fourth-order valence-corrected chi connectivity index (χ4v) is 3.57. The van der Waals surface area contributed by atoms with E-state index in [9.17, 15) is 4.21 Å². The third-order valence-electron chi connectivity index (χ3n) is 4.08. The quantitative estimate of drug-likeness (QED) is 0.795. The Kier molecular flexibility index (Phi) is 6.71. The lowest BCUT2D eigenvalue weighted by molar-refractivity contribution is 0.172. The van der Waals surface area contributed by atoms with E-state index in [-0.39, 0.29) is 0 Å². The minimum Gasteiger partial charge on any atom is -0.313 e. The highest BCUT2D eigenvalue weighted by atomic mass is 32.2. The maximum absolute atomic E-state index is 11.4. The van der Waals surface area contributed by atoms with Gasteiger partial charge in [-0.05, 0) is 30.6 Å². The summed E-state index contributed by atoms with van der Waals surface area (Å²) in [6, 6.07) is 0.646. The summed E-state index contributed by atoms with van der Waals surface area (Å²) in [5.41, 5.74) is 0. The van der Waals surface area contributed by atoms with Gasteiger partial charge in [0, 0.05) is 34.9 Å². The number of rotatable bonds is 6. The molecule has 0 aromatic carbocycles. The van der Waals surface area contributed by atoms with Gasteiger partial charge in [0.25, 0.3) is 0 Å². The van der Waals surface area contributed by atoms with E-state index >= 15 is 0 Å². The van der Waals surface area contributed by atoms with Crippen molar-refractivity contribution in [3.63, 3.8) is 0 Å². The molecule has 1 fully saturated rings. The standard InChI is InChI=1S/C14H29NOS/c1-5-17(16)9-8-15-14-10-12(4)6-7-13(14)11(2)3/h11-15H,5-10H2,1-4H3. The zero-order chi connectivity index (χ0) is 12.8. The molecular formula is C14H29NOS. The summed E-state index contributed by atoms with van der Waals surface area (Å²) in [6.45, 7) is 9.94. The summed E-state index contributed by atoms with van der Waals surface area (Å²) < 4.78 is 11.4. The van der Waals surface area contributed by atoms with E-state index in [2.05, 4.69) is 26.1 Å². The van der Waals surface area contributed by atoms with Gasteiger partial charge in [-0.25, -0.2) is 0 Å². The van der Waals surface area contributed by atoms with Gasteiger partial charge in [-0.3, -0.25) is 4.21 Å². The topological polar surface area (TPSA) is 29.1 Å². The first-order valence-corrected chi connectivity index (χ1v) is 8.61. The predicted molar refractivity (Wildman–Crippen MR) is 76.7 cm³/mol. The molecule has 0 aromatic rings. The minimum atomic E-state index is -0.625. The van der Waals surface area contributed by atoms with Crippen LogP contribution in [0.15, 0.2) is 0 Å². The van der Waals surface area contributed by atoms with Crippen LogP contribution in [0.25, 0.3) is 0 Å². The maximum Gasteiger partial charge on any atom is 0.0360 e. The smallest absolute Gasteiger partial charge is 0.0360 e. The van der Waals surface area contributed by atoms with Crippen LogP contribution in [0, 0.1) is 17.8 Å². The average molecular weight is 259 g/mol. The van der Waals surface area contributed by atoms with Crippen molar-refractivity contribution in [2.45, 2.75) is 53.0 Å². The van der Waals surface area contributed by atoms with E-state index in [4.69, 9.17) is 0 Å². The Morgan fingerprint density at radius 3 is 2.65 bits per heavy atom. The van der Waals surface area contributed by atoms with Crippen LogP contribution in [0.2, 0.25) is 0 Å². The van der Waals surface area contributed by atoms with Gasteiger partial charge in [-0.15, -0.1) is 0 Å². The average Bonchev–Trinajstić information content (AvgIpc) is 2.28. The third kappa shape index (κ3) is 5.09. The van der Waals surface area contributed by atoms with E-state index in [1.165, 1.54) is 19.3 Å². The van der Waals surface area contributed by atoms with E-state index in [0.29, 0.717) is 6.04 Å². The van der Waals surface area contributed by atoms with E-state index in [0.717, 1.165) is 35.8 Å². The molecule has 0 aliphatic heterocycles. The van der Waals surface area contributed by atoms with Crippen molar-refractivity contribution in [1.29, 1.82) is 0 Å². The summed E-state index contributed by atoms with van der Waals surface area (Å²) in [7, 11) is -0.625. The normalized spacial score (nSPS) is 31.7. The van der Waals surface area contributed by atoms with E-state index < -0.39 is 10.8 Å². The Hall–Kier alpha value is 0.110. The summed E-state index contributed by atoms with van der Waals surface area (Å²) in [5.74, 6) is 4.01. The highest BCUT2D eigenvalue weighted by Gasteiger charge is 2.29. The molecule has 0 spiro atoms. The van der Waals surface area contributed by atoms with Crippen molar-refractivity contribution in [2.24, 2.45) is 17.8 Å². The molecule has 0 aromatic heterocycles. The van der Waals surface area contributed by atoms with Crippen molar-refractivity contribution in [3.8, 4) is 0 Å². The van der Waals surface area contributed by atoms with Crippen molar-refractivity contribution >= 4 is 10.8 Å². The molecule has 0 radical (unpaired) electrons. The first-order valence-electron chi connectivity index (χ1n) is 7.13. The molecule has 1 aliphatic rings. The van der Waals surface area contributed by atoms with Crippen LogP contribution in [-0.2, 0) is 10.8 Å². The van der Waals surface area contributed by atoms with Crippen LogP contribution in [0.5, 0.6) is 0 Å². The summed E-state index contributed by atoms with van der Waals surface area (Å²) in [5, 5.41) is 3.66. The highest BCUT2D eigenvalue weighted by Crippen LogP contribution is 2.33. The number of hydrogen-bond donors (Lipinski definition) is 1. The van der Waals surface area contributed by atoms with Gasteiger partial charge in [0.15, 0.2) is 0 Å². The molecule has 3 heteroatoms. The lowest BCUT2D eigenvalue weighted by Gasteiger charge is -2.38. The van der Waals surface area contributed by atoms with E-state index in [1.807, 2.05) is 6.92 Å². The van der Waals surface area contributed by atoms with Crippen molar-refractivity contribution < 1.29 is 4.21 Å². The lowest BCUT2D eigenvalue weighted by Crippen LogP contribution is -2.44. The first-order chi connectivity index (χ1) is 8.04. The number of nitrogens with one attached hydrogen (secondary N) is 1. The Morgan fingerprint density at radius 2 is 2.06 bits per heavy atom. The third-order valence-corrected chi connectivity index (χ3v) is 5.38. The van der Waals surface area contributed by atoms with Crippen LogP contribution >= 0.6 is 0 Å². The zero-order valence-electron chi connectivity index (χ0n) is 11.9. The molecule has 4 atom stereocenters. The van der Waals surface area contributed by atoms with Gasteiger partial charge in [0.05, 0.1) is 0 Å². The molecule has 102 valence electrons. The fourth-order valence-electron chi connectivity index (χ4n) is 2.94. The van der Waals surface area contributed by atoms with Gasteiger partial charge in [-0.2, -0.15) is 0 Å². The fraction of sp³-hybridized carbons (Fsp3) is 1.00. The molecule has 4 unspecified atom stereocenters. The Balaban J connectivity index is 2.38. The Morgan fingerprint density at radius 1 is 1.35 bits per heavy atom. The highest BCUT2D eigenvalue weighted by molar-refractivity contribution is 7.84. The second kappa shape index (κ2) is 7.52. The van der Waals surface area contributed by atoms with Gasteiger partial charge in [0.2, 0.25) is 0 Å². The molecule has 1 saturated carbocycles. The second-order valence-electron chi connectivity index (χ2n) is 5.82. The molecule has 1 N–H and O–H groups in total. The molecule has 0 bridgehead atoms. The van der Waals surface area contributed by atoms with Gasteiger partial charge in [-0.1, -0.05) is 34.1 Å². The lowest BCUT2D eigenvalue weighted by atomic mass is 9.74. The SMILES string of the molecule is CCS(=O)CCNC1CC(C)CCC1C(C)C. The minimum absolute atomic E-state index is 0.625. The molecule has 1 aliphatic carbocycles. The van der Waals surface area contributed by atoms with Gasteiger partial charge in [0.1, 0.15) is 0 Å². The molecule has 17 heavy (non-hydrogen) atoms. The van der Waals surface area contributed by atoms with Crippen molar-refractivity contribution in [2.75, 3.05) is 18.1 Å². The van der Waals surface area contributed by atoms with Crippen LogP contribution in [-0.4, -0.2) is 28.3 Å². The molecule has 0 heterocycles. The molecule has 0 saturated heterocycles. The van der Waals surface area contributed by atoms with E-state index in [1.54, 1.807) is 0 Å². The van der Waals surface area contributed by atoms with Crippen molar-refractivity contribution in [1.82, 2.24) is 5.32 Å². The first kappa shape index (κ1) is 15.2.